The first-order valence-electron chi connectivity index (χ1n) is 5.12. The van der Waals surface area contributed by atoms with E-state index < -0.39 is 0 Å². The Bertz CT molecular complexity index is 138. The molecule has 1 heterocycles. The number of fused-ring (bicyclic) bond motifs is 1. The lowest BCUT2D eigenvalue weighted by Crippen LogP contribution is -2.49. The third kappa shape index (κ3) is 1.67. The summed E-state index contributed by atoms with van der Waals surface area (Å²) in [6, 6.07) is 0.917. The van der Waals surface area contributed by atoms with E-state index >= 15 is 0 Å². The third-order valence-electron chi connectivity index (χ3n) is 3.38. The van der Waals surface area contributed by atoms with E-state index in [0.29, 0.717) is 0 Å². The normalized spacial score (nSPS) is 45.3. The summed E-state index contributed by atoms with van der Waals surface area (Å²) >= 11 is 0. The smallest absolute Gasteiger partial charge is 0.0241 e. The summed E-state index contributed by atoms with van der Waals surface area (Å²) in [5.41, 5.74) is 0.925. The molecule has 3 unspecified atom stereocenters. The predicted molar refractivity (Wildman–Crippen MR) is 51.8 cm³/mol. The molecular weight excluding hydrogens is 150 g/mol. The number of hydrogen-bond donors (Lipinski definition) is 1. The molecular formula is C9H19NSi. The molecule has 1 N–H and O–H groups in total. The van der Waals surface area contributed by atoms with Crippen LogP contribution in [0.3, 0.4) is 0 Å². The van der Waals surface area contributed by atoms with Gasteiger partial charge in [-0.1, -0.05) is 12.8 Å². The highest BCUT2D eigenvalue weighted by Gasteiger charge is 2.29. The molecule has 2 heteroatoms. The Balaban J connectivity index is 1.93. The summed E-state index contributed by atoms with van der Waals surface area (Å²) in [5.74, 6) is 1.05. The van der Waals surface area contributed by atoms with Gasteiger partial charge in [0.15, 0.2) is 0 Å². The number of piperidine rings is 1. The molecule has 0 bridgehead atoms. The Labute approximate surface area is 72.4 Å². The van der Waals surface area contributed by atoms with Gasteiger partial charge in [-0.15, -0.1) is 0 Å². The standard InChI is InChI=1S/C9H19NSi/c11-9-6-5-7-3-1-2-4-8(7)10-9/h7-10H,1-6H2,11H3. The lowest BCUT2D eigenvalue weighted by molar-refractivity contribution is 0.200. The van der Waals surface area contributed by atoms with E-state index in [-0.39, 0.29) is 0 Å². The number of rotatable bonds is 0. The molecule has 0 aromatic carbocycles. The lowest BCUT2D eigenvalue weighted by atomic mass is 9.79. The van der Waals surface area contributed by atoms with Crippen LogP contribution in [0.25, 0.3) is 0 Å². The summed E-state index contributed by atoms with van der Waals surface area (Å²) in [5, 5.41) is 3.78. The Hall–Kier alpha value is 0.177. The van der Waals surface area contributed by atoms with Gasteiger partial charge in [-0.2, -0.15) is 0 Å². The summed E-state index contributed by atoms with van der Waals surface area (Å²) < 4.78 is 0. The molecule has 1 aliphatic heterocycles. The number of hydrogen-bond acceptors (Lipinski definition) is 1. The van der Waals surface area contributed by atoms with Crippen molar-refractivity contribution in [3.05, 3.63) is 0 Å². The van der Waals surface area contributed by atoms with E-state index in [1.54, 1.807) is 0 Å². The second-order valence-electron chi connectivity index (χ2n) is 4.30. The SMILES string of the molecule is [SiH3]C1CCC2CCCCC2N1. The van der Waals surface area contributed by atoms with Crippen molar-refractivity contribution in [3.63, 3.8) is 0 Å². The van der Waals surface area contributed by atoms with Crippen LogP contribution in [0.5, 0.6) is 0 Å². The second-order valence-corrected chi connectivity index (χ2v) is 5.69. The van der Waals surface area contributed by atoms with Crippen LogP contribution in [-0.4, -0.2) is 21.9 Å². The van der Waals surface area contributed by atoms with Crippen LogP contribution in [-0.2, 0) is 0 Å². The second kappa shape index (κ2) is 3.28. The quantitative estimate of drug-likeness (QED) is 0.524. The maximum Gasteiger partial charge on any atom is 0.0241 e. The van der Waals surface area contributed by atoms with Crippen LogP contribution in [0.1, 0.15) is 38.5 Å². The van der Waals surface area contributed by atoms with Crippen LogP contribution in [0.15, 0.2) is 0 Å². The Morgan fingerprint density at radius 3 is 2.73 bits per heavy atom. The fraction of sp³-hybridized carbons (Fsp3) is 1.00. The molecule has 0 radical (unpaired) electrons. The first-order valence-corrected chi connectivity index (χ1v) is 6.28. The van der Waals surface area contributed by atoms with E-state index in [1.807, 2.05) is 0 Å². The van der Waals surface area contributed by atoms with Crippen LogP contribution < -0.4 is 5.32 Å². The van der Waals surface area contributed by atoms with E-state index in [1.165, 1.54) is 48.8 Å². The van der Waals surface area contributed by atoms with Crippen molar-refractivity contribution in [1.82, 2.24) is 5.32 Å². The maximum absolute atomic E-state index is 3.78. The zero-order chi connectivity index (χ0) is 7.68. The van der Waals surface area contributed by atoms with Crippen molar-refractivity contribution in [2.75, 3.05) is 0 Å². The third-order valence-corrected chi connectivity index (χ3v) is 4.29. The molecule has 0 aromatic heterocycles. The average molecular weight is 169 g/mol. The van der Waals surface area contributed by atoms with Gasteiger partial charge in [-0.05, 0) is 37.3 Å². The largest absolute Gasteiger partial charge is 0.314 e. The van der Waals surface area contributed by atoms with Gasteiger partial charge >= 0.3 is 0 Å². The molecule has 2 aliphatic rings. The topological polar surface area (TPSA) is 12.0 Å². The molecule has 1 nitrogen and oxygen atoms in total. The van der Waals surface area contributed by atoms with E-state index in [4.69, 9.17) is 0 Å². The monoisotopic (exact) mass is 169 g/mol. The zero-order valence-corrected chi connectivity index (χ0v) is 9.47. The van der Waals surface area contributed by atoms with Crippen molar-refractivity contribution >= 4 is 10.2 Å². The first kappa shape index (κ1) is 7.81. The molecule has 11 heavy (non-hydrogen) atoms. The molecule has 0 spiro atoms. The van der Waals surface area contributed by atoms with Gasteiger partial charge in [0.1, 0.15) is 0 Å². The Morgan fingerprint density at radius 1 is 1.00 bits per heavy atom. The van der Waals surface area contributed by atoms with Crippen molar-refractivity contribution in [3.8, 4) is 0 Å². The van der Waals surface area contributed by atoms with Gasteiger partial charge in [0, 0.05) is 16.3 Å². The highest BCUT2D eigenvalue weighted by Crippen LogP contribution is 2.31. The fourth-order valence-electron chi connectivity index (χ4n) is 2.69. The van der Waals surface area contributed by atoms with Crippen LogP contribution in [0.4, 0.5) is 0 Å². The summed E-state index contributed by atoms with van der Waals surface area (Å²) in [4.78, 5) is 0. The minimum absolute atomic E-state index is 0.917. The maximum atomic E-state index is 3.78. The fourth-order valence-corrected chi connectivity index (χ4v) is 3.45. The van der Waals surface area contributed by atoms with Gasteiger partial charge in [0.05, 0.1) is 0 Å². The first-order chi connectivity index (χ1) is 5.36. The summed E-state index contributed by atoms with van der Waals surface area (Å²) in [6.07, 6.45) is 8.92. The highest BCUT2D eigenvalue weighted by molar-refractivity contribution is 6.11. The van der Waals surface area contributed by atoms with Crippen LogP contribution in [0, 0.1) is 5.92 Å². The predicted octanol–water partition coefficient (Wildman–Crippen LogP) is 0.620. The van der Waals surface area contributed by atoms with Crippen molar-refractivity contribution in [2.24, 2.45) is 5.92 Å². The van der Waals surface area contributed by atoms with Gasteiger partial charge < -0.3 is 5.32 Å². The summed E-state index contributed by atoms with van der Waals surface area (Å²) in [7, 11) is 1.35. The van der Waals surface area contributed by atoms with E-state index in [9.17, 15) is 0 Å². The Kier molecular flexibility index (Phi) is 2.32. The molecule has 2 fully saturated rings. The molecule has 0 amide bonds. The molecule has 0 aromatic rings. The minimum atomic E-state index is 0.917. The molecule has 1 aliphatic carbocycles. The van der Waals surface area contributed by atoms with E-state index in [0.717, 1.165) is 17.6 Å². The van der Waals surface area contributed by atoms with Crippen molar-refractivity contribution in [1.29, 1.82) is 0 Å². The summed E-state index contributed by atoms with van der Waals surface area (Å²) in [6.45, 7) is 0. The molecule has 1 saturated heterocycles. The molecule has 64 valence electrons. The average Bonchev–Trinajstić information content (AvgIpc) is 2.04. The molecule has 2 rings (SSSR count). The van der Waals surface area contributed by atoms with Gasteiger partial charge in [0.2, 0.25) is 0 Å². The van der Waals surface area contributed by atoms with Gasteiger partial charge in [0.25, 0.3) is 0 Å². The van der Waals surface area contributed by atoms with Crippen LogP contribution >= 0.6 is 0 Å². The zero-order valence-electron chi connectivity index (χ0n) is 7.47. The van der Waals surface area contributed by atoms with Gasteiger partial charge in [-0.25, -0.2) is 0 Å². The minimum Gasteiger partial charge on any atom is -0.314 e. The van der Waals surface area contributed by atoms with E-state index in [2.05, 4.69) is 5.32 Å². The van der Waals surface area contributed by atoms with Gasteiger partial charge in [-0.3, -0.25) is 0 Å². The van der Waals surface area contributed by atoms with Crippen LogP contribution in [0.2, 0.25) is 0 Å². The molecule has 3 atom stereocenters. The lowest BCUT2D eigenvalue weighted by Gasteiger charge is -2.39. The van der Waals surface area contributed by atoms with Crippen molar-refractivity contribution < 1.29 is 0 Å². The molecule has 1 saturated carbocycles. The highest BCUT2D eigenvalue weighted by atomic mass is 28.1. The van der Waals surface area contributed by atoms with Crippen molar-refractivity contribution in [2.45, 2.75) is 50.2 Å². The Morgan fingerprint density at radius 2 is 1.82 bits per heavy atom. The number of nitrogens with one attached hydrogen (secondary N) is 1.